The summed E-state index contributed by atoms with van der Waals surface area (Å²) >= 11 is 0. The second-order valence-electron chi connectivity index (χ2n) is 9.83. The van der Waals surface area contributed by atoms with Crippen LogP contribution in [0.5, 0.6) is 0 Å². The molecule has 1 N–H and O–H groups in total. The summed E-state index contributed by atoms with van der Waals surface area (Å²) in [6.45, 7) is 11.4. The molecule has 0 aliphatic rings. The van der Waals surface area contributed by atoms with Crippen molar-refractivity contribution in [3.63, 3.8) is 0 Å². The average Bonchev–Trinajstić information content (AvgIpc) is 2.66. The third-order valence-electron chi connectivity index (χ3n) is 5.48. The largest absolute Gasteiger partial charge is 0.478 e. The predicted octanol–water partition coefficient (Wildman–Crippen LogP) is 5.56. The molecule has 2 aromatic carbocycles. The van der Waals surface area contributed by atoms with Gasteiger partial charge in [0.05, 0.1) is 5.56 Å². The third kappa shape index (κ3) is 8.47. The number of rotatable bonds is 12. The standard InChI is InChI=1S/C27H40N2O2/c1-20(2)14-22-10-9-11-23(16-22)17-29(25(15-21(3)4)19-28(5)6)18-24-12-7-8-13-26(24)27(30)31/h7-13,16,20-21,25H,14-15,17-19H2,1-6H3,(H,30,31)/t25-/m0/s1. The highest BCUT2D eigenvalue weighted by Crippen LogP contribution is 2.22. The fraction of sp³-hybridized carbons (Fsp3) is 0.519. The van der Waals surface area contributed by atoms with Crippen molar-refractivity contribution in [1.29, 1.82) is 0 Å². The number of aromatic carboxylic acids is 1. The van der Waals surface area contributed by atoms with E-state index in [1.807, 2.05) is 12.1 Å². The minimum absolute atomic E-state index is 0.339. The molecule has 0 amide bonds. The normalized spacial score (nSPS) is 12.8. The first-order valence-corrected chi connectivity index (χ1v) is 11.4. The molecule has 170 valence electrons. The number of likely N-dealkylation sites (N-methyl/N-ethyl adjacent to an activating group) is 1. The summed E-state index contributed by atoms with van der Waals surface area (Å²) in [5, 5.41) is 9.69. The highest BCUT2D eigenvalue weighted by molar-refractivity contribution is 5.89. The molecule has 0 aliphatic carbocycles. The molecule has 1 atom stereocenters. The maximum atomic E-state index is 11.8. The van der Waals surface area contributed by atoms with Gasteiger partial charge in [-0.15, -0.1) is 0 Å². The molecule has 31 heavy (non-hydrogen) atoms. The first-order valence-electron chi connectivity index (χ1n) is 11.4. The summed E-state index contributed by atoms with van der Waals surface area (Å²) in [7, 11) is 4.22. The van der Waals surface area contributed by atoms with Gasteiger partial charge in [-0.1, -0.05) is 70.2 Å². The smallest absolute Gasteiger partial charge is 0.336 e. The Hall–Kier alpha value is -2.17. The van der Waals surface area contributed by atoms with Gasteiger partial charge in [0.15, 0.2) is 0 Å². The zero-order valence-electron chi connectivity index (χ0n) is 20.1. The second kappa shape index (κ2) is 12.0. The minimum atomic E-state index is -0.859. The molecule has 2 aromatic rings. The van der Waals surface area contributed by atoms with E-state index < -0.39 is 5.97 Å². The predicted molar refractivity (Wildman–Crippen MR) is 129 cm³/mol. The summed E-state index contributed by atoms with van der Waals surface area (Å²) in [5.74, 6) is 0.327. The van der Waals surface area contributed by atoms with Crippen LogP contribution in [0.3, 0.4) is 0 Å². The Morgan fingerprint density at radius 1 is 0.903 bits per heavy atom. The van der Waals surface area contributed by atoms with E-state index in [9.17, 15) is 9.90 Å². The van der Waals surface area contributed by atoms with Crippen LogP contribution in [0, 0.1) is 11.8 Å². The van der Waals surface area contributed by atoms with Crippen molar-refractivity contribution < 1.29 is 9.90 Å². The number of benzene rings is 2. The van der Waals surface area contributed by atoms with Crippen LogP contribution in [0.1, 0.15) is 61.2 Å². The van der Waals surface area contributed by atoms with Crippen LogP contribution in [0.2, 0.25) is 0 Å². The van der Waals surface area contributed by atoms with E-state index in [0.29, 0.717) is 30.0 Å². The van der Waals surface area contributed by atoms with Gasteiger partial charge in [0, 0.05) is 25.7 Å². The van der Waals surface area contributed by atoms with E-state index in [2.05, 4.69) is 75.9 Å². The van der Waals surface area contributed by atoms with E-state index in [1.165, 1.54) is 11.1 Å². The Morgan fingerprint density at radius 3 is 2.19 bits per heavy atom. The summed E-state index contributed by atoms with van der Waals surface area (Å²) in [6.07, 6.45) is 2.14. The van der Waals surface area contributed by atoms with E-state index in [4.69, 9.17) is 0 Å². The molecule has 0 saturated carbocycles. The lowest BCUT2D eigenvalue weighted by Crippen LogP contribution is -2.42. The SMILES string of the molecule is CC(C)Cc1cccc(CN(Cc2ccccc2C(=O)O)[C@@H](CC(C)C)CN(C)C)c1. The van der Waals surface area contributed by atoms with Crippen LogP contribution < -0.4 is 0 Å². The first-order chi connectivity index (χ1) is 14.7. The summed E-state index contributed by atoms with van der Waals surface area (Å²) in [6, 6.07) is 16.6. The van der Waals surface area contributed by atoms with Gasteiger partial charge >= 0.3 is 5.97 Å². The molecule has 2 rings (SSSR count). The van der Waals surface area contributed by atoms with Crippen LogP contribution in [0.4, 0.5) is 0 Å². The number of hydrogen-bond donors (Lipinski definition) is 1. The van der Waals surface area contributed by atoms with Gasteiger partial charge in [-0.25, -0.2) is 4.79 Å². The van der Waals surface area contributed by atoms with Gasteiger partial charge in [-0.05, 0) is 61.5 Å². The highest BCUT2D eigenvalue weighted by Gasteiger charge is 2.23. The maximum Gasteiger partial charge on any atom is 0.336 e. The summed E-state index contributed by atoms with van der Waals surface area (Å²) in [4.78, 5) is 16.5. The molecule has 0 unspecified atom stereocenters. The molecule has 0 aromatic heterocycles. The lowest BCUT2D eigenvalue weighted by Gasteiger charge is -2.35. The van der Waals surface area contributed by atoms with Gasteiger partial charge in [0.25, 0.3) is 0 Å². The van der Waals surface area contributed by atoms with Gasteiger partial charge in [-0.2, -0.15) is 0 Å². The molecule has 0 saturated heterocycles. The quantitative estimate of drug-likeness (QED) is 0.484. The number of hydrogen-bond acceptors (Lipinski definition) is 3. The maximum absolute atomic E-state index is 11.8. The first kappa shape index (κ1) is 25.1. The number of carbonyl (C=O) groups is 1. The number of nitrogens with zero attached hydrogens (tertiary/aromatic N) is 2. The van der Waals surface area contributed by atoms with Gasteiger partial charge in [0.2, 0.25) is 0 Å². The van der Waals surface area contributed by atoms with Crippen LogP contribution in [0.15, 0.2) is 48.5 Å². The zero-order valence-corrected chi connectivity index (χ0v) is 20.1. The topological polar surface area (TPSA) is 43.8 Å². The van der Waals surface area contributed by atoms with Crippen molar-refractivity contribution in [2.45, 2.75) is 59.7 Å². The minimum Gasteiger partial charge on any atom is -0.478 e. The van der Waals surface area contributed by atoms with Crippen LogP contribution in [-0.2, 0) is 19.5 Å². The molecule has 0 bridgehead atoms. The molecule has 0 spiro atoms. The van der Waals surface area contributed by atoms with Crippen molar-refractivity contribution in [2.24, 2.45) is 11.8 Å². The molecule has 4 heteroatoms. The highest BCUT2D eigenvalue weighted by atomic mass is 16.4. The van der Waals surface area contributed by atoms with Gasteiger partial charge in [0.1, 0.15) is 0 Å². The zero-order chi connectivity index (χ0) is 23.0. The average molecular weight is 425 g/mol. The fourth-order valence-electron chi connectivity index (χ4n) is 4.27. The Kier molecular flexibility index (Phi) is 9.73. The van der Waals surface area contributed by atoms with Gasteiger partial charge in [-0.3, -0.25) is 4.90 Å². The molecule has 0 fully saturated rings. The Labute approximate surface area is 188 Å². The van der Waals surface area contributed by atoms with Gasteiger partial charge < -0.3 is 10.0 Å². The van der Waals surface area contributed by atoms with E-state index >= 15 is 0 Å². The molecule has 0 heterocycles. The van der Waals surface area contributed by atoms with Crippen LogP contribution in [-0.4, -0.2) is 47.6 Å². The molecular formula is C27H40N2O2. The Bertz CT molecular complexity index is 819. The molecule has 0 radical (unpaired) electrons. The van der Waals surface area contributed by atoms with Crippen molar-refractivity contribution >= 4 is 5.97 Å². The molecular weight excluding hydrogens is 384 g/mol. The second-order valence-corrected chi connectivity index (χ2v) is 9.83. The third-order valence-corrected chi connectivity index (χ3v) is 5.48. The van der Waals surface area contributed by atoms with Crippen LogP contribution in [0.25, 0.3) is 0 Å². The Morgan fingerprint density at radius 2 is 1.58 bits per heavy atom. The van der Waals surface area contributed by atoms with E-state index in [1.54, 1.807) is 12.1 Å². The van der Waals surface area contributed by atoms with E-state index in [0.717, 1.165) is 31.5 Å². The van der Waals surface area contributed by atoms with Crippen molar-refractivity contribution in [1.82, 2.24) is 9.80 Å². The lowest BCUT2D eigenvalue weighted by atomic mass is 9.98. The monoisotopic (exact) mass is 424 g/mol. The van der Waals surface area contributed by atoms with E-state index in [-0.39, 0.29) is 0 Å². The fourth-order valence-corrected chi connectivity index (χ4v) is 4.27. The lowest BCUT2D eigenvalue weighted by molar-refractivity contribution is 0.0691. The summed E-state index contributed by atoms with van der Waals surface area (Å²) in [5.41, 5.74) is 3.93. The number of carboxylic acid groups (broad SMARTS) is 1. The van der Waals surface area contributed by atoms with Crippen molar-refractivity contribution in [3.05, 3.63) is 70.8 Å². The van der Waals surface area contributed by atoms with Crippen molar-refractivity contribution in [2.75, 3.05) is 20.6 Å². The van der Waals surface area contributed by atoms with Crippen LogP contribution >= 0.6 is 0 Å². The Balaban J connectivity index is 2.38. The number of carboxylic acids is 1. The molecule has 0 aliphatic heterocycles. The summed E-state index contributed by atoms with van der Waals surface area (Å²) < 4.78 is 0. The van der Waals surface area contributed by atoms with Crippen molar-refractivity contribution in [3.8, 4) is 0 Å². The molecule has 4 nitrogen and oxygen atoms in total.